The number of carbonyl (C=O) groups excluding carboxylic acids is 1. The van der Waals surface area contributed by atoms with Crippen LogP contribution in [-0.4, -0.2) is 35.2 Å². The zero-order valence-corrected chi connectivity index (χ0v) is 12.0. The number of anilines is 1. The second-order valence-corrected chi connectivity index (χ2v) is 7.12. The summed E-state index contributed by atoms with van der Waals surface area (Å²) in [5.74, 6) is 0.182. The van der Waals surface area contributed by atoms with Crippen molar-refractivity contribution in [2.75, 3.05) is 11.4 Å². The Bertz CT molecular complexity index is 645. The van der Waals surface area contributed by atoms with Crippen LogP contribution in [0.5, 0.6) is 0 Å². The van der Waals surface area contributed by atoms with Gasteiger partial charge < -0.3 is 15.3 Å². The van der Waals surface area contributed by atoms with Crippen LogP contribution in [0.25, 0.3) is 0 Å². The molecule has 1 spiro atoms. The standard InChI is InChI=1S/C17H20N2O2/c20-14-6-8-16(21)7-5-13-17(9-10-18-13)11-3-1-2-4-12(11)19(14)15(16)17/h1-4,13,15,18,21H,5-10H2/t13-,15-,16-,17+/m0/s1. The number of rotatable bonds is 0. The van der Waals surface area contributed by atoms with Crippen LogP contribution >= 0.6 is 0 Å². The molecule has 3 heterocycles. The highest BCUT2D eigenvalue weighted by Gasteiger charge is 2.68. The maximum Gasteiger partial charge on any atom is 0.227 e. The first-order valence-corrected chi connectivity index (χ1v) is 8.04. The molecule has 1 saturated carbocycles. The molecule has 4 atom stereocenters. The van der Waals surface area contributed by atoms with E-state index in [1.807, 2.05) is 11.0 Å². The van der Waals surface area contributed by atoms with E-state index in [1.54, 1.807) is 0 Å². The Balaban J connectivity index is 1.82. The van der Waals surface area contributed by atoms with Crippen molar-refractivity contribution in [2.24, 2.45) is 0 Å². The van der Waals surface area contributed by atoms with Gasteiger partial charge >= 0.3 is 0 Å². The van der Waals surface area contributed by atoms with Gasteiger partial charge in [0, 0.05) is 23.6 Å². The average molecular weight is 284 g/mol. The minimum Gasteiger partial charge on any atom is -0.388 e. The maximum atomic E-state index is 12.6. The third kappa shape index (κ3) is 1.23. The molecule has 0 bridgehead atoms. The lowest BCUT2D eigenvalue weighted by molar-refractivity contribution is -0.131. The number of carbonyl (C=O) groups is 1. The van der Waals surface area contributed by atoms with Gasteiger partial charge in [0.2, 0.25) is 5.91 Å². The minimum absolute atomic E-state index is 0.0719. The van der Waals surface area contributed by atoms with Crippen LogP contribution in [0, 0.1) is 0 Å². The van der Waals surface area contributed by atoms with Crippen LogP contribution in [0.3, 0.4) is 0 Å². The molecule has 3 fully saturated rings. The van der Waals surface area contributed by atoms with Crippen molar-refractivity contribution in [1.29, 1.82) is 0 Å². The third-order valence-corrected chi connectivity index (χ3v) is 6.38. The summed E-state index contributed by atoms with van der Waals surface area (Å²) in [5.41, 5.74) is 1.52. The van der Waals surface area contributed by atoms with Crippen LogP contribution in [0.1, 0.15) is 37.7 Å². The van der Waals surface area contributed by atoms with Crippen LogP contribution < -0.4 is 10.2 Å². The van der Waals surface area contributed by atoms with E-state index in [4.69, 9.17) is 0 Å². The van der Waals surface area contributed by atoms with E-state index in [1.165, 1.54) is 5.56 Å². The largest absolute Gasteiger partial charge is 0.388 e. The normalized spacial score (nSPS) is 43.5. The number of amides is 1. The summed E-state index contributed by atoms with van der Waals surface area (Å²) < 4.78 is 0. The smallest absolute Gasteiger partial charge is 0.227 e. The van der Waals surface area contributed by atoms with Gasteiger partial charge in [0.25, 0.3) is 0 Å². The highest BCUT2D eigenvalue weighted by molar-refractivity contribution is 5.99. The van der Waals surface area contributed by atoms with E-state index in [2.05, 4.69) is 23.5 Å². The molecule has 3 aliphatic heterocycles. The van der Waals surface area contributed by atoms with E-state index in [0.717, 1.165) is 31.5 Å². The Labute approximate surface area is 124 Å². The number of hydrogen-bond acceptors (Lipinski definition) is 3. The lowest BCUT2D eigenvalue weighted by Crippen LogP contribution is -2.69. The summed E-state index contributed by atoms with van der Waals surface area (Å²) in [5, 5.41) is 14.9. The predicted octanol–water partition coefficient (Wildman–Crippen LogP) is 1.32. The van der Waals surface area contributed by atoms with Crippen molar-refractivity contribution >= 4 is 11.6 Å². The molecule has 21 heavy (non-hydrogen) atoms. The van der Waals surface area contributed by atoms with Crippen molar-refractivity contribution in [3.8, 4) is 0 Å². The molecule has 1 aromatic carbocycles. The summed E-state index contributed by atoms with van der Waals surface area (Å²) in [6, 6.07) is 8.62. The van der Waals surface area contributed by atoms with Crippen LogP contribution in [0.2, 0.25) is 0 Å². The van der Waals surface area contributed by atoms with Gasteiger partial charge in [-0.15, -0.1) is 0 Å². The van der Waals surface area contributed by atoms with Crippen molar-refractivity contribution in [3.05, 3.63) is 29.8 Å². The molecule has 2 saturated heterocycles. The Morgan fingerprint density at radius 1 is 1.24 bits per heavy atom. The number of aliphatic hydroxyl groups is 1. The van der Waals surface area contributed by atoms with Gasteiger partial charge in [0.1, 0.15) is 0 Å². The lowest BCUT2D eigenvalue weighted by Gasteiger charge is -2.54. The summed E-state index contributed by atoms with van der Waals surface area (Å²) >= 11 is 0. The number of piperidine rings is 1. The minimum atomic E-state index is -0.713. The van der Waals surface area contributed by atoms with Gasteiger partial charge in [0.15, 0.2) is 0 Å². The molecule has 5 rings (SSSR count). The van der Waals surface area contributed by atoms with Gasteiger partial charge in [0.05, 0.1) is 11.6 Å². The summed E-state index contributed by atoms with van der Waals surface area (Å²) in [6.07, 6.45) is 3.91. The molecule has 2 N–H and O–H groups in total. The molecule has 4 nitrogen and oxygen atoms in total. The molecule has 0 unspecified atom stereocenters. The first-order chi connectivity index (χ1) is 10.2. The van der Waals surface area contributed by atoms with Gasteiger partial charge in [-0.25, -0.2) is 0 Å². The van der Waals surface area contributed by atoms with Crippen LogP contribution in [-0.2, 0) is 10.2 Å². The van der Waals surface area contributed by atoms with Crippen molar-refractivity contribution in [3.63, 3.8) is 0 Å². The molecule has 4 aliphatic rings. The van der Waals surface area contributed by atoms with Crippen molar-refractivity contribution in [2.45, 2.75) is 55.2 Å². The Morgan fingerprint density at radius 2 is 2.10 bits per heavy atom. The highest BCUT2D eigenvalue weighted by atomic mass is 16.3. The first kappa shape index (κ1) is 12.2. The van der Waals surface area contributed by atoms with Crippen molar-refractivity contribution < 1.29 is 9.90 Å². The zero-order chi connectivity index (χ0) is 14.2. The monoisotopic (exact) mass is 284 g/mol. The molecular weight excluding hydrogens is 264 g/mol. The number of fused-ring (bicyclic) bond motifs is 2. The fourth-order valence-corrected chi connectivity index (χ4v) is 5.65. The second-order valence-electron chi connectivity index (χ2n) is 7.12. The van der Waals surface area contributed by atoms with Gasteiger partial charge in [-0.05, 0) is 43.9 Å². The molecular formula is C17H20N2O2. The maximum absolute atomic E-state index is 12.6. The Kier molecular flexibility index (Phi) is 2.13. The van der Waals surface area contributed by atoms with E-state index < -0.39 is 5.60 Å². The number of nitrogens with zero attached hydrogens (tertiary/aromatic N) is 1. The number of hydrogen-bond donors (Lipinski definition) is 2. The Hall–Kier alpha value is -1.39. The topological polar surface area (TPSA) is 52.6 Å². The molecule has 1 amide bonds. The molecule has 1 aliphatic carbocycles. The summed E-state index contributed by atoms with van der Waals surface area (Å²) in [6.45, 7) is 0.980. The zero-order valence-electron chi connectivity index (χ0n) is 12.0. The molecule has 4 heteroatoms. The van der Waals surface area contributed by atoms with Crippen LogP contribution in [0.4, 0.5) is 5.69 Å². The summed E-state index contributed by atoms with van der Waals surface area (Å²) in [4.78, 5) is 14.5. The van der Waals surface area contributed by atoms with E-state index in [0.29, 0.717) is 18.9 Å². The predicted molar refractivity (Wildman–Crippen MR) is 79.2 cm³/mol. The first-order valence-electron chi connectivity index (χ1n) is 8.04. The van der Waals surface area contributed by atoms with Gasteiger partial charge in [-0.1, -0.05) is 18.2 Å². The molecule has 0 aromatic heterocycles. The van der Waals surface area contributed by atoms with E-state index in [9.17, 15) is 9.90 Å². The quantitative estimate of drug-likeness (QED) is 0.755. The third-order valence-electron chi connectivity index (χ3n) is 6.38. The number of para-hydroxylation sites is 1. The van der Waals surface area contributed by atoms with Gasteiger partial charge in [-0.2, -0.15) is 0 Å². The van der Waals surface area contributed by atoms with E-state index >= 15 is 0 Å². The lowest BCUT2D eigenvalue weighted by atomic mass is 9.58. The fourth-order valence-electron chi connectivity index (χ4n) is 5.65. The second kappa shape index (κ2) is 3.68. The number of benzene rings is 1. The highest BCUT2D eigenvalue weighted by Crippen LogP contribution is 2.60. The molecule has 1 aromatic rings. The number of nitrogens with one attached hydrogen (secondary N) is 1. The fraction of sp³-hybridized carbons (Fsp3) is 0.588. The molecule has 110 valence electrons. The van der Waals surface area contributed by atoms with E-state index in [-0.39, 0.29) is 17.4 Å². The Morgan fingerprint density at radius 3 is 3.00 bits per heavy atom. The summed E-state index contributed by atoms with van der Waals surface area (Å²) in [7, 11) is 0. The van der Waals surface area contributed by atoms with Crippen molar-refractivity contribution in [1.82, 2.24) is 5.32 Å². The van der Waals surface area contributed by atoms with Crippen LogP contribution in [0.15, 0.2) is 24.3 Å². The molecule has 0 radical (unpaired) electrons. The SMILES string of the molecule is O=C1CC[C@@]2(O)CC[C@@H]3NCC[C@@]34c3ccccc3N1[C@@H]24. The van der Waals surface area contributed by atoms with Gasteiger partial charge in [-0.3, -0.25) is 4.79 Å². The average Bonchev–Trinajstić information content (AvgIpc) is 3.05.